The van der Waals surface area contributed by atoms with Gasteiger partial charge in [-0.2, -0.15) is 0 Å². The summed E-state index contributed by atoms with van der Waals surface area (Å²) in [4.78, 5) is 149. The quantitative estimate of drug-likeness (QED) is 0.0231. The van der Waals surface area contributed by atoms with Crippen LogP contribution in [0.25, 0.3) is 22.3 Å². The van der Waals surface area contributed by atoms with Gasteiger partial charge in [0.2, 0.25) is 29.5 Å². The number of hydrogen-bond donors (Lipinski definition) is 8. The molecule has 4 atom stereocenters. The predicted molar refractivity (Wildman–Crippen MR) is 278 cm³/mol. The lowest BCUT2D eigenvalue weighted by atomic mass is 9.81. The Bertz CT molecular complexity index is 3350. The zero-order valence-corrected chi connectivity index (χ0v) is 44.3. The number of pyridine rings is 2. The first-order chi connectivity index (χ1) is 37.9. The number of esters is 1. The minimum atomic E-state index is -2.08. The number of benzene rings is 2. The van der Waals surface area contributed by atoms with Crippen LogP contribution < -0.4 is 37.5 Å². The van der Waals surface area contributed by atoms with Crippen molar-refractivity contribution in [1.82, 2.24) is 51.3 Å². The SMILES string of the molecule is CC[C@@]1(O)C(=O)OCc2c1cc1n(c2=O)Cc2c-1nc1cc(F)c(C)c3c1c2[C@@H](N(C)C(=O)C(C)(C)OCNC(=O)CNC(=O)[C@H](Cc1ccccc1)NC(=O)CNC(=O)CNC(=O)[C@@H](CNCC(=O)O)N1C(=O)C=CC1=O)CC3. The van der Waals surface area contributed by atoms with Crippen molar-refractivity contribution in [2.24, 2.45) is 0 Å². The highest BCUT2D eigenvalue weighted by Gasteiger charge is 2.47. The van der Waals surface area contributed by atoms with Crippen LogP contribution in [0.1, 0.15) is 78.6 Å². The molecule has 2 aromatic carbocycles. The van der Waals surface area contributed by atoms with Gasteiger partial charge in [0.25, 0.3) is 23.3 Å². The number of halogens is 1. The molecule has 4 aromatic rings. The molecule has 25 nitrogen and oxygen atoms in total. The Morgan fingerprint density at radius 1 is 0.900 bits per heavy atom. The molecular weight excluding hydrogens is 1050 g/mol. The van der Waals surface area contributed by atoms with Crippen LogP contribution in [0.15, 0.2) is 59.4 Å². The van der Waals surface area contributed by atoms with Gasteiger partial charge in [-0.15, -0.1) is 0 Å². The number of nitrogens with zero attached hydrogens (tertiary/aromatic N) is 4. The number of imide groups is 1. The number of amides is 8. The van der Waals surface area contributed by atoms with Gasteiger partial charge in [0.05, 0.1) is 61.2 Å². The number of carbonyl (C=O) groups excluding carboxylic acids is 9. The molecular formula is C54H59FN10O15. The molecule has 2 aromatic heterocycles. The predicted octanol–water partition coefficient (Wildman–Crippen LogP) is -1.11. The molecule has 0 radical (unpaired) electrons. The Labute approximate surface area is 455 Å². The zero-order valence-electron chi connectivity index (χ0n) is 44.3. The molecule has 0 unspecified atom stereocenters. The van der Waals surface area contributed by atoms with E-state index >= 15 is 4.39 Å². The highest BCUT2D eigenvalue weighted by atomic mass is 19.1. The maximum absolute atomic E-state index is 15.6. The van der Waals surface area contributed by atoms with Crippen LogP contribution in [0.2, 0.25) is 0 Å². The summed E-state index contributed by atoms with van der Waals surface area (Å²) in [7, 11) is 1.59. The van der Waals surface area contributed by atoms with E-state index in [0.717, 1.165) is 12.2 Å². The molecule has 0 saturated heterocycles. The van der Waals surface area contributed by atoms with Crippen LogP contribution in [0.3, 0.4) is 0 Å². The standard InChI is InChI=1S/C54H59FN10O15/c1-6-54(78)32-17-37-47-30(24-64(37)50(75)31(32)25-79-52(54)77)46-36(13-12-29-27(2)33(55)18-34(62-47)45(29)46)63(5)51(76)53(3,4)80-26-60-40(67)21-58-48(73)35(16-28-10-8-7-9-11-28)61-41(68)22-57-39(66)20-59-49(74)38(19-56-23-44(71)72)65-42(69)14-15-43(65)70/h7-11,14-15,17-18,35-36,38,56,78H,6,12-13,16,19-26H2,1-5H3,(H,57,66)(H,58,73)(H,59,74)(H,60,67)(H,61,68)(H,71,72)/t35-,36-,38+,54-/m0/s1. The number of carboxylic acid groups (broad SMARTS) is 1. The van der Waals surface area contributed by atoms with Crippen LogP contribution in [-0.2, 0) is 89.0 Å². The Morgan fingerprint density at radius 3 is 2.24 bits per heavy atom. The number of aromatic nitrogens is 2. The molecule has 8 N–H and O–H groups in total. The average Bonchev–Trinajstić information content (AvgIpc) is 4.19. The Balaban J connectivity index is 0.876. The average molecular weight is 1110 g/mol. The number of cyclic esters (lactones) is 1. The van der Waals surface area contributed by atoms with Crippen molar-refractivity contribution >= 4 is 70.1 Å². The smallest absolute Gasteiger partial charge is 0.343 e. The van der Waals surface area contributed by atoms with Crippen molar-refractivity contribution in [3.63, 3.8) is 0 Å². The normalized spacial score (nSPS) is 17.6. The van der Waals surface area contributed by atoms with Gasteiger partial charge in [0.1, 0.15) is 36.8 Å². The number of aryl methyl sites for hydroxylation is 1. The van der Waals surface area contributed by atoms with Gasteiger partial charge in [-0.05, 0) is 68.4 Å². The van der Waals surface area contributed by atoms with Crippen molar-refractivity contribution in [3.8, 4) is 11.4 Å². The van der Waals surface area contributed by atoms with E-state index in [0.29, 0.717) is 67.8 Å². The molecule has 0 spiro atoms. The number of aliphatic hydroxyl groups is 1. The van der Waals surface area contributed by atoms with Crippen molar-refractivity contribution < 1.29 is 72.0 Å². The molecule has 0 saturated carbocycles. The molecule has 26 heteroatoms. The van der Waals surface area contributed by atoms with E-state index in [1.165, 1.54) is 29.4 Å². The molecule has 3 aliphatic heterocycles. The van der Waals surface area contributed by atoms with E-state index in [4.69, 9.17) is 19.6 Å². The minimum Gasteiger partial charge on any atom is -0.480 e. The van der Waals surface area contributed by atoms with Crippen LogP contribution in [-0.4, -0.2) is 153 Å². The van der Waals surface area contributed by atoms with Crippen molar-refractivity contribution in [3.05, 3.63) is 110 Å². The lowest BCUT2D eigenvalue weighted by Gasteiger charge is -2.38. The summed E-state index contributed by atoms with van der Waals surface area (Å²) in [6, 6.07) is 8.02. The number of fused-ring (bicyclic) bond motifs is 5. The third-order valence-electron chi connectivity index (χ3n) is 14.7. The number of nitrogens with one attached hydrogen (secondary N) is 6. The van der Waals surface area contributed by atoms with Crippen molar-refractivity contribution in [1.29, 1.82) is 0 Å². The second-order valence-corrected chi connectivity index (χ2v) is 20.1. The van der Waals surface area contributed by atoms with Gasteiger partial charge in [-0.3, -0.25) is 52.8 Å². The van der Waals surface area contributed by atoms with Crippen molar-refractivity contribution in [2.45, 2.75) is 95.9 Å². The summed E-state index contributed by atoms with van der Waals surface area (Å²) < 4.78 is 28.2. The first kappa shape index (κ1) is 57.4. The van der Waals surface area contributed by atoms with E-state index in [2.05, 4.69) is 31.9 Å². The summed E-state index contributed by atoms with van der Waals surface area (Å²) in [5.41, 5.74) is 0.0819. The minimum absolute atomic E-state index is 0.0285. The van der Waals surface area contributed by atoms with E-state index in [1.54, 1.807) is 57.3 Å². The fourth-order valence-electron chi connectivity index (χ4n) is 10.4. The number of ether oxygens (including phenoxy) is 2. The van der Waals surface area contributed by atoms with Crippen LogP contribution in [0.4, 0.5) is 4.39 Å². The first-order valence-corrected chi connectivity index (χ1v) is 25.6. The lowest BCUT2D eigenvalue weighted by Crippen LogP contribution is -2.56. The van der Waals surface area contributed by atoms with Crippen LogP contribution >= 0.6 is 0 Å². The van der Waals surface area contributed by atoms with Gasteiger partial charge in [-0.25, -0.2) is 14.2 Å². The maximum atomic E-state index is 15.6. The largest absolute Gasteiger partial charge is 0.480 e. The van der Waals surface area contributed by atoms with Crippen LogP contribution in [0.5, 0.6) is 0 Å². The summed E-state index contributed by atoms with van der Waals surface area (Å²) in [5, 5.41) is 35.5. The lowest BCUT2D eigenvalue weighted by molar-refractivity contribution is -0.172. The van der Waals surface area contributed by atoms with Gasteiger partial charge in [0, 0.05) is 54.7 Å². The van der Waals surface area contributed by atoms with Crippen molar-refractivity contribution in [2.75, 3.05) is 46.5 Å². The number of carboxylic acids is 1. The third-order valence-corrected chi connectivity index (χ3v) is 14.7. The summed E-state index contributed by atoms with van der Waals surface area (Å²) in [6.45, 7) is 2.48. The van der Waals surface area contributed by atoms with E-state index < -0.39 is 139 Å². The monoisotopic (exact) mass is 1110 g/mol. The molecule has 8 rings (SSSR count). The fraction of sp³-hybridized carbons (Fsp3) is 0.407. The van der Waals surface area contributed by atoms with Gasteiger partial charge in [-0.1, -0.05) is 37.3 Å². The molecule has 422 valence electrons. The number of carbonyl (C=O) groups is 10. The number of likely N-dealkylation sites (N-methyl/N-ethyl adjacent to an activating group) is 1. The molecule has 0 fully saturated rings. The molecule has 80 heavy (non-hydrogen) atoms. The van der Waals surface area contributed by atoms with Crippen LogP contribution in [0, 0.1) is 12.7 Å². The topological polar surface area (TPSA) is 343 Å². The third kappa shape index (κ3) is 11.5. The van der Waals surface area contributed by atoms with Gasteiger partial charge in [0.15, 0.2) is 5.60 Å². The fourth-order valence-corrected chi connectivity index (χ4v) is 10.4. The summed E-state index contributed by atoms with van der Waals surface area (Å²) in [5.74, 6) is -8.95. The molecule has 8 amide bonds. The Hall–Kier alpha value is -8.75. The summed E-state index contributed by atoms with van der Waals surface area (Å²) in [6.07, 6.45) is 2.49. The first-order valence-electron chi connectivity index (χ1n) is 25.6. The molecule has 5 heterocycles. The molecule has 1 aliphatic carbocycles. The Morgan fingerprint density at radius 2 is 1.56 bits per heavy atom. The van der Waals surface area contributed by atoms with E-state index in [9.17, 15) is 57.8 Å². The maximum Gasteiger partial charge on any atom is 0.343 e. The van der Waals surface area contributed by atoms with Gasteiger partial charge < -0.3 is 61.1 Å². The number of aliphatic carboxylic acids is 1. The van der Waals surface area contributed by atoms with Gasteiger partial charge >= 0.3 is 11.9 Å². The number of hydrogen-bond acceptors (Lipinski definition) is 16. The number of rotatable bonds is 22. The second-order valence-electron chi connectivity index (χ2n) is 20.1. The zero-order chi connectivity index (χ0) is 58.0. The highest BCUT2D eigenvalue weighted by molar-refractivity contribution is 6.15. The molecule has 4 aliphatic rings. The molecule has 0 bridgehead atoms. The summed E-state index contributed by atoms with van der Waals surface area (Å²) >= 11 is 0. The van der Waals surface area contributed by atoms with E-state index in [-0.39, 0.29) is 37.1 Å². The Kier molecular flexibility index (Phi) is 16.7. The second kappa shape index (κ2) is 23.3. The van der Waals surface area contributed by atoms with E-state index in [1.807, 2.05) is 0 Å². The highest BCUT2D eigenvalue weighted by Crippen LogP contribution is 2.47.